The molecule has 0 saturated carbocycles. The molecule has 1 atom stereocenters. The molecule has 0 aromatic carbocycles. The Labute approximate surface area is 127 Å². The Hall–Kier alpha value is -1.57. The van der Waals surface area contributed by atoms with Gasteiger partial charge in [0.2, 0.25) is 5.91 Å². The highest BCUT2D eigenvalue weighted by molar-refractivity contribution is 7.99. The molecular weight excluding hydrogens is 292 g/mol. The normalized spacial score (nSPS) is 12.4. The summed E-state index contributed by atoms with van der Waals surface area (Å²) in [6.07, 6.45) is 0.805. The van der Waals surface area contributed by atoms with E-state index in [1.165, 1.54) is 23.3 Å². The Kier molecular flexibility index (Phi) is 6.67. The number of ketones is 1. The lowest BCUT2D eigenvalue weighted by atomic mass is 10.0. The first-order valence-electron chi connectivity index (χ1n) is 6.94. The highest BCUT2D eigenvalue weighted by atomic mass is 32.2. The summed E-state index contributed by atoms with van der Waals surface area (Å²) in [5.74, 6) is -0.150. The second kappa shape index (κ2) is 8.02. The topological polar surface area (TPSA) is 96.8 Å². The molecule has 1 rings (SSSR count). The Morgan fingerprint density at radius 2 is 2.10 bits per heavy atom. The lowest BCUT2D eigenvalue weighted by Crippen LogP contribution is -2.44. The molecule has 7 nitrogen and oxygen atoms in total. The quantitative estimate of drug-likeness (QED) is 0.692. The molecule has 0 aliphatic heterocycles. The van der Waals surface area contributed by atoms with Crippen molar-refractivity contribution in [2.75, 3.05) is 5.75 Å². The van der Waals surface area contributed by atoms with Gasteiger partial charge in [0.05, 0.1) is 11.8 Å². The van der Waals surface area contributed by atoms with Crippen molar-refractivity contribution in [3.8, 4) is 0 Å². The molecule has 1 aromatic heterocycles. The number of amides is 1. The zero-order valence-corrected chi connectivity index (χ0v) is 13.6. The maximum atomic E-state index is 11.9. The Morgan fingerprint density at radius 1 is 1.43 bits per heavy atom. The SMILES string of the molecule is CCCn1c(SCC(=O)N[C@H](C(C)=O)C(C)C)n[nH]c1=O. The second-order valence-electron chi connectivity index (χ2n) is 5.15. The fraction of sp³-hybridized carbons (Fsp3) is 0.692. The van der Waals surface area contributed by atoms with Crippen LogP contribution in [0.5, 0.6) is 0 Å². The van der Waals surface area contributed by atoms with E-state index in [0.29, 0.717) is 11.7 Å². The third-order valence-corrected chi connectivity index (χ3v) is 3.90. The molecule has 0 unspecified atom stereocenters. The van der Waals surface area contributed by atoms with E-state index in [-0.39, 0.29) is 29.1 Å². The van der Waals surface area contributed by atoms with Gasteiger partial charge in [-0.05, 0) is 19.3 Å². The molecule has 0 fully saturated rings. The number of nitrogens with one attached hydrogen (secondary N) is 2. The first-order chi connectivity index (χ1) is 9.86. The van der Waals surface area contributed by atoms with Gasteiger partial charge in [-0.2, -0.15) is 0 Å². The van der Waals surface area contributed by atoms with E-state index >= 15 is 0 Å². The van der Waals surface area contributed by atoms with Gasteiger partial charge < -0.3 is 5.32 Å². The van der Waals surface area contributed by atoms with Crippen molar-refractivity contribution in [3.05, 3.63) is 10.5 Å². The summed E-state index contributed by atoms with van der Waals surface area (Å²) >= 11 is 1.18. The van der Waals surface area contributed by atoms with E-state index in [1.54, 1.807) is 0 Å². The van der Waals surface area contributed by atoms with Crippen LogP contribution in [0.2, 0.25) is 0 Å². The van der Waals surface area contributed by atoms with Crippen molar-refractivity contribution >= 4 is 23.5 Å². The summed E-state index contributed by atoms with van der Waals surface area (Å²) in [5, 5.41) is 9.47. The number of thioether (sulfide) groups is 1. The molecule has 0 saturated heterocycles. The van der Waals surface area contributed by atoms with Crippen LogP contribution < -0.4 is 11.0 Å². The molecular formula is C13H22N4O3S. The van der Waals surface area contributed by atoms with Gasteiger partial charge in [-0.25, -0.2) is 9.89 Å². The number of Topliss-reactive ketones (excluding diaryl/α,β-unsaturated/α-hetero) is 1. The van der Waals surface area contributed by atoms with Crippen LogP contribution in [0.25, 0.3) is 0 Å². The molecule has 1 amide bonds. The molecule has 118 valence electrons. The number of aromatic amines is 1. The van der Waals surface area contributed by atoms with Crippen molar-refractivity contribution in [1.29, 1.82) is 0 Å². The second-order valence-corrected chi connectivity index (χ2v) is 6.09. The molecule has 0 spiro atoms. The molecule has 0 radical (unpaired) electrons. The number of hydrogen-bond donors (Lipinski definition) is 2. The monoisotopic (exact) mass is 314 g/mol. The Balaban J connectivity index is 2.61. The largest absolute Gasteiger partial charge is 0.345 e. The zero-order valence-electron chi connectivity index (χ0n) is 12.8. The number of H-pyrrole nitrogens is 1. The van der Waals surface area contributed by atoms with E-state index in [1.807, 2.05) is 20.8 Å². The van der Waals surface area contributed by atoms with Gasteiger partial charge in [0.1, 0.15) is 0 Å². The van der Waals surface area contributed by atoms with Crippen LogP contribution in [0.15, 0.2) is 9.95 Å². The molecule has 0 bridgehead atoms. The predicted octanol–water partition coefficient (Wildman–Crippen LogP) is 0.803. The molecule has 0 aliphatic carbocycles. The van der Waals surface area contributed by atoms with E-state index in [0.717, 1.165) is 6.42 Å². The van der Waals surface area contributed by atoms with E-state index in [4.69, 9.17) is 0 Å². The smallest absolute Gasteiger partial charge is 0.343 e. The Morgan fingerprint density at radius 3 is 2.62 bits per heavy atom. The van der Waals surface area contributed by atoms with Gasteiger partial charge in [-0.3, -0.25) is 14.2 Å². The minimum Gasteiger partial charge on any atom is -0.345 e. The molecule has 1 heterocycles. The zero-order chi connectivity index (χ0) is 16.0. The highest BCUT2D eigenvalue weighted by Crippen LogP contribution is 2.13. The maximum Gasteiger partial charge on any atom is 0.343 e. The van der Waals surface area contributed by atoms with Gasteiger partial charge in [0.15, 0.2) is 10.9 Å². The fourth-order valence-electron chi connectivity index (χ4n) is 1.92. The van der Waals surface area contributed by atoms with Crippen molar-refractivity contribution in [2.24, 2.45) is 5.92 Å². The van der Waals surface area contributed by atoms with Gasteiger partial charge >= 0.3 is 5.69 Å². The maximum absolute atomic E-state index is 11.9. The third-order valence-electron chi connectivity index (χ3n) is 2.92. The lowest BCUT2D eigenvalue weighted by Gasteiger charge is -2.19. The summed E-state index contributed by atoms with van der Waals surface area (Å²) in [6, 6.07) is -0.477. The van der Waals surface area contributed by atoms with Crippen LogP contribution in [0.3, 0.4) is 0 Å². The summed E-state index contributed by atoms with van der Waals surface area (Å²) in [5.41, 5.74) is -0.274. The first kappa shape index (κ1) is 17.5. The van der Waals surface area contributed by atoms with Crippen LogP contribution >= 0.6 is 11.8 Å². The van der Waals surface area contributed by atoms with Crippen LogP contribution in [0, 0.1) is 5.92 Å². The summed E-state index contributed by atoms with van der Waals surface area (Å²) < 4.78 is 1.50. The van der Waals surface area contributed by atoms with Crippen molar-refractivity contribution in [1.82, 2.24) is 20.1 Å². The number of hydrogen-bond acceptors (Lipinski definition) is 5. The first-order valence-corrected chi connectivity index (χ1v) is 7.93. The standard InChI is InChI=1S/C13H22N4O3S/c1-5-6-17-12(20)15-16-13(17)21-7-10(19)14-11(8(2)3)9(4)18/h8,11H,5-7H2,1-4H3,(H,14,19)(H,15,20)/t11-/m0/s1. The average molecular weight is 314 g/mol. The number of nitrogens with zero attached hydrogens (tertiary/aromatic N) is 2. The van der Waals surface area contributed by atoms with Gasteiger partial charge in [0, 0.05) is 6.54 Å². The van der Waals surface area contributed by atoms with E-state index in [2.05, 4.69) is 15.5 Å². The number of carbonyl (C=O) groups is 2. The average Bonchev–Trinajstić information content (AvgIpc) is 2.75. The van der Waals surface area contributed by atoms with Crippen LogP contribution in [-0.2, 0) is 16.1 Å². The summed E-state index contributed by atoms with van der Waals surface area (Å²) in [7, 11) is 0. The van der Waals surface area contributed by atoms with E-state index < -0.39 is 6.04 Å². The minimum atomic E-state index is -0.477. The highest BCUT2D eigenvalue weighted by Gasteiger charge is 2.21. The molecule has 2 N–H and O–H groups in total. The van der Waals surface area contributed by atoms with Gasteiger partial charge in [-0.1, -0.05) is 32.5 Å². The van der Waals surface area contributed by atoms with Crippen molar-refractivity contribution in [3.63, 3.8) is 0 Å². The van der Waals surface area contributed by atoms with Crippen molar-refractivity contribution < 1.29 is 9.59 Å². The summed E-state index contributed by atoms with van der Waals surface area (Å²) in [4.78, 5) is 34.9. The van der Waals surface area contributed by atoms with E-state index in [9.17, 15) is 14.4 Å². The van der Waals surface area contributed by atoms with Crippen LogP contribution in [0.4, 0.5) is 0 Å². The number of carbonyl (C=O) groups excluding carboxylic acids is 2. The molecule has 21 heavy (non-hydrogen) atoms. The molecule has 0 aliphatic rings. The molecule has 1 aromatic rings. The predicted molar refractivity (Wildman–Crippen MR) is 81.3 cm³/mol. The summed E-state index contributed by atoms with van der Waals surface area (Å²) in [6.45, 7) is 7.74. The fourth-order valence-corrected chi connectivity index (χ4v) is 2.70. The van der Waals surface area contributed by atoms with Gasteiger partial charge in [0.25, 0.3) is 0 Å². The van der Waals surface area contributed by atoms with Crippen LogP contribution in [0.1, 0.15) is 34.1 Å². The lowest BCUT2D eigenvalue weighted by molar-refractivity contribution is -0.126. The molecule has 8 heteroatoms. The third kappa shape index (κ3) is 5.04. The number of rotatable bonds is 8. The Bertz CT molecular complexity index is 550. The van der Waals surface area contributed by atoms with Crippen molar-refractivity contribution in [2.45, 2.75) is 51.9 Å². The van der Waals surface area contributed by atoms with Gasteiger partial charge in [-0.15, -0.1) is 5.10 Å². The minimum absolute atomic E-state index is 0.0418. The number of aromatic nitrogens is 3. The van der Waals surface area contributed by atoms with Crippen LogP contribution in [-0.4, -0.2) is 38.2 Å².